The van der Waals surface area contributed by atoms with Gasteiger partial charge in [-0.2, -0.15) is 0 Å². The number of pyridine rings is 1. The summed E-state index contributed by atoms with van der Waals surface area (Å²) in [4.78, 5) is 15.4. The Balaban J connectivity index is 2.06. The monoisotopic (exact) mass is 345 g/mol. The summed E-state index contributed by atoms with van der Waals surface area (Å²) >= 11 is 17.7. The normalized spacial score (nSPS) is 10.3. The summed E-state index contributed by atoms with van der Waals surface area (Å²) in [6.07, 6.45) is 1.42. The van der Waals surface area contributed by atoms with Gasteiger partial charge >= 0.3 is 5.97 Å². The van der Waals surface area contributed by atoms with Crippen molar-refractivity contribution in [3.05, 3.63) is 56.8 Å². The van der Waals surface area contributed by atoms with Crippen LogP contribution in [0.2, 0.25) is 15.1 Å². The van der Waals surface area contributed by atoms with E-state index in [-0.39, 0.29) is 6.61 Å². The Morgan fingerprint density at radius 3 is 2.48 bits per heavy atom. The number of ether oxygens (including phenoxy) is 2. The molecule has 0 amide bonds. The molecule has 0 aliphatic heterocycles. The Labute approximate surface area is 136 Å². The quantitative estimate of drug-likeness (QED) is 0.608. The number of benzene rings is 1. The fraction of sp³-hybridized carbons (Fsp3) is 0.143. The first-order valence-corrected chi connectivity index (χ1v) is 6.95. The van der Waals surface area contributed by atoms with Crippen molar-refractivity contribution < 1.29 is 14.3 Å². The molecule has 0 N–H and O–H groups in total. The summed E-state index contributed by atoms with van der Waals surface area (Å²) in [7, 11) is 1.31. The zero-order chi connectivity index (χ0) is 15.4. The fourth-order valence-electron chi connectivity index (χ4n) is 1.52. The highest BCUT2D eigenvalue weighted by molar-refractivity contribution is 6.43. The molecule has 4 nitrogen and oxygen atoms in total. The fourth-order valence-corrected chi connectivity index (χ4v) is 2.11. The number of rotatable bonds is 4. The van der Waals surface area contributed by atoms with Crippen LogP contribution in [0.15, 0.2) is 30.5 Å². The number of carbonyl (C=O) groups is 1. The molecule has 0 saturated heterocycles. The van der Waals surface area contributed by atoms with E-state index in [9.17, 15) is 4.79 Å². The van der Waals surface area contributed by atoms with Crippen LogP contribution in [0.25, 0.3) is 0 Å². The van der Waals surface area contributed by atoms with Crippen molar-refractivity contribution in [1.29, 1.82) is 0 Å². The number of carbonyl (C=O) groups excluding carboxylic acids is 1. The van der Waals surface area contributed by atoms with Gasteiger partial charge in [-0.15, -0.1) is 0 Å². The summed E-state index contributed by atoms with van der Waals surface area (Å²) in [5.41, 5.74) is 0.999. The van der Waals surface area contributed by atoms with Gasteiger partial charge in [0.25, 0.3) is 0 Å². The summed E-state index contributed by atoms with van der Waals surface area (Å²) in [5.74, 6) is -0.0348. The smallest absolute Gasteiger partial charge is 0.339 e. The lowest BCUT2D eigenvalue weighted by Gasteiger charge is -2.09. The molecule has 110 valence electrons. The van der Waals surface area contributed by atoms with E-state index in [1.165, 1.54) is 25.4 Å². The van der Waals surface area contributed by atoms with Gasteiger partial charge in [-0.1, -0.05) is 34.8 Å². The van der Waals surface area contributed by atoms with E-state index in [0.29, 0.717) is 32.1 Å². The van der Waals surface area contributed by atoms with E-state index in [1.807, 2.05) is 0 Å². The second kappa shape index (κ2) is 6.98. The second-order valence-corrected chi connectivity index (χ2v) is 5.24. The van der Waals surface area contributed by atoms with Crippen molar-refractivity contribution in [2.24, 2.45) is 0 Å². The van der Waals surface area contributed by atoms with Gasteiger partial charge in [0.05, 0.1) is 33.4 Å². The van der Waals surface area contributed by atoms with Gasteiger partial charge in [0.2, 0.25) is 0 Å². The van der Waals surface area contributed by atoms with Crippen LogP contribution in [0.4, 0.5) is 0 Å². The van der Waals surface area contributed by atoms with Crippen LogP contribution in [-0.2, 0) is 11.3 Å². The Morgan fingerprint density at radius 2 is 1.86 bits per heavy atom. The highest BCUT2D eigenvalue weighted by atomic mass is 35.5. The molecule has 0 atom stereocenters. The molecule has 0 unspecified atom stereocenters. The maximum Gasteiger partial charge on any atom is 0.339 e. The molecule has 2 rings (SSSR count). The first-order chi connectivity index (χ1) is 10.0. The number of nitrogens with zero attached hydrogens (tertiary/aromatic N) is 1. The van der Waals surface area contributed by atoms with Gasteiger partial charge in [0.1, 0.15) is 12.4 Å². The van der Waals surface area contributed by atoms with Crippen LogP contribution < -0.4 is 4.74 Å². The second-order valence-electron chi connectivity index (χ2n) is 4.02. The van der Waals surface area contributed by atoms with Gasteiger partial charge < -0.3 is 9.47 Å². The molecule has 1 aromatic carbocycles. The predicted octanol–water partition coefficient (Wildman–Crippen LogP) is 4.41. The molecule has 0 spiro atoms. The average molecular weight is 347 g/mol. The van der Waals surface area contributed by atoms with Crippen molar-refractivity contribution in [3.63, 3.8) is 0 Å². The molecule has 21 heavy (non-hydrogen) atoms. The van der Waals surface area contributed by atoms with Crippen LogP contribution >= 0.6 is 34.8 Å². The molecule has 0 saturated carbocycles. The SMILES string of the molecule is COC(=O)c1ccc(COc2cc(Cl)c(Cl)cc2Cl)nc1. The van der Waals surface area contributed by atoms with Gasteiger partial charge in [-0.25, -0.2) is 4.79 Å². The Hall–Kier alpha value is -1.49. The molecule has 0 bridgehead atoms. The van der Waals surface area contributed by atoms with Gasteiger partial charge in [-0.05, 0) is 18.2 Å². The predicted molar refractivity (Wildman–Crippen MR) is 81.4 cm³/mol. The third-order valence-corrected chi connectivity index (χ3v) is 3.61. The number of hydrogen-bond acceptors (Lipinski definition) is 4. The highest BCUT2D eigenvalue weighted by Crippen LogP contribution is 2.34. The summed E-state index contributed by atoms with van der Waals surface area (Å²) < 4.78 is 10.1. The van der Waals surface area contributed by atoms with E-state index in [0.717, 1.165) is 0 Å². The number of aromatic nitrogens is 1. The Morgan fingerprint density at radius 1 is 1.14 bits per heavy atom. The largest absolute Gasteiger partial charge is 0.486 e. The lowest BCUT2D eigenvalue weighted by atomic mass is 10.2. The highest BCUT2D eigenvalue weighted by Gasteiger charge is 2.09. The topological polar surface area (TPSA) is 48.4 Å². The third-order valence-electron chi connectivity index (χ3n) is 2.60. The minimum absolute atomic E-state index is 0.180. The van der Waals surface area contributed by atoms with Crippen molar-refractivity contribution in [2.75, 3.05) is 7.11 Å². The maximum atomic E-state index is 11.3. The van der Waals surface area contributed by atoms with Crippen LogP contribution in [0, 0.1) is 0 Å². The summed E-state index contributed by atoms with van der Waals surface area (Å²) in [6.45, 7) is 0.180. The summed E-state index contributed by atoms with van der Waals surface area (Å²) in [6, 6.07) is 6.31. The number of esters is 1. The van der Waals surface area contributed by atoms with E-state index < -0.39 is 5.97 Å². The van der Waals surface area contributed by atoms with Crippen molar-refractivity contribution in [2.45, 2.75) is 6.61 Å². The number of hydrogen-bond donors (Lipinski definition) is 0. The van der Waals surface area contributed by atoms with Crippen LogP contribution in [-0.4, -0.2) is 18.1 Å². The van der Waals surface area contributed by atoms with Gasteiger partial charge in [0, 0.05) is 12.3 Å². The number of halogens is 3. The molecule has 7 heteroatoms. The summed E-state index contributed by atoms with van der Waals surface area (Å²) in [5, 5.41) is 1.07. The van der Waals surface area contributed by atoms with Crippen molar-refractivity contribution in [1.82, 2.24) is 4.98 Å². The van der Waals surface area contributed by atoms with Gasteiger partial charge in [-0.3, -0.25) is 4.98 Å². The maximum absolute atomic E-state index is 11.3. The molecular weight excluding hydrogens is 337 g/mol. The lowest BCUT2D eigenvalue weighted by molar-refractivity contribution is 0.0600. The Kier molecular flexibility index (Phi) is 5.28. The zero-order valence-electron chi connectivity index (χ0n) is 10.9. The molecule has 1 aromatic heterocycles. The van der Waals surface area contributed by atoms with Crippen LogP contribution in [0.1, 0.15) is 16.1 Å². The minimum Gasteiger partial charge on any atom is -0.486 e. The van der Waals surface area contributed by atoms with Crippen LogP contribution in [0.3, 0.4) is 0 Å². The standard InChI is InChI=1S/C14H10Cl3NO3/c1-20-14(19)8-2-3-9(18-6-8)7-21-13-5-11(16)10(15)4-12(13)17/h2-6H,7H2,1H3. The van der Waals surface area contributed by atoms with Crippen LogP contribution in [0.5, 0.6) is 5.75 Å². The van der Waals surface area contributed by atoms with Gasteiger partial charge in [0.15, 0.2) is 0 Å². The van der Waals surface area contributed by atoms with Crippen molar-refractivity contribution in [3.8, 4) is 5.75 Å². The van der Waals surface area contributed by atoms with E-state index in [1.54, 1.807) is 12.1 Å². The minimum atomic E-state index is -0.442. The average Bonchev–Trinajstić information content (AvgIpc) is 2.49. The molecule has 0 radical (unpaired) electrons. The first kappa shape index (κ1) is 15.9. The molecule has 0 aliphatic rings. The van der Waals surface area contributed by atoms with E-state index in [4.69, 9.17) is 39.5 Å². The number of methoxy groups -OCH3 is 1. The molecule has 2 aromatic rings. The molecule has 0 aliphatic carbocycles. The lowest BCUT2D eigenvalue weighted by Crippen LogP contribution is -2.04. The Bertz CT molecular complexity index is 659. The molecular formula is C14H10Cl3NO3. The molecule has 1 heterocycles. The zero-order valence-corrected chi connectivity index (χ0v) is 13.2. The van der Waals surface area contributed by atoms with E-state index in [2.05, 4.69) is 9.72 Å². The third kappa shape index (κ3) is 4.00. The van der Waals surface area contributed by atoms with E-state index >= 15 is 0 Å². The first-order valence-electron chi connectivity index (χ1n) is 5.82. The van der Waals surface area contributed by atoms with Crippen molar-refractivity contribution >= 4 is 40.8 Å². The molecule has 0 fully saturated rings.